The topological polar surface area (TPSA) is 95.7 Å². The number of nitrogens with one attached hydrogen (secondary N) is 1. The van der Waals surface area contributed by atoms with E-state index in [1.165, 1.54) is 28.6 Å². The number of anilines is 1. The minimum absolute atomic E-state index is 0.0814. The van der Waals surface area contributed by atoms with Gasteiger partial charge in [-0.15, -0.1) is 11.3 Å². The van der Waals surface area contributed by atoms with Crippen LogP contribution in [0.5, 0.6) is 0 Å². The van der Waals surface area contributed by atoms with Crippen molar-refractivity contribution in [3.63, 3.8) is 0 Å². The van der Waals surface area contributed by atoms with Crippen molar-refractivity contribution in [2.24, 2.45) is 5.92 Å². The first-order chi connectivity index (χ1) is 11.2. The van der Waals surface area contributed by atoms with Gasteiger partial charge in [0.25, 0.3) is 5.91 Å². The van der Waals surface area contributed by atoms with Crippen LogP contribution in [0.1, 0.15) is 33.6 Å². The number of rotatable bonds is 4. The Morgan fingerprint density at radius 2 is 2.00 bits per heavy atom. The predicted molar refractivity (Wildman–Crippen MR) is 85.1 cm³/mol. The van der Waals surface area contributed by atoms with Gasteiger partial charge in [0, 0.05) is 28.2 Å². The molecule has 1 N–H and O–H groups in total. The van der Waals surface area contributed by atoms with E-state index in [-0.39, 0.29) is 5.95 Å². The van der Waals surface area contributed by atoms with Gasteiger partial charge in [-0.25, -0.2) is 9.97 Å². The average molecular weight is 326 g/mol. The Bertz CT molecular complexity index is 779. The van der Waals surface area contributed by atoms with Crippen LogP contribution in [0.3, 0.4) is 0 Å². The molecule has 0 saturated heterocycles. The molecule has 6 nitrogen and oxygen atoms in total. The second-order valence-electron chi connectivity index (χ2n) is 5.25. The van der Waals surface area contributed by atoms with Crippen LogP contribution in [-0.2, 0) is 17.6 Å². The molecule has 1 atom stereocenters. The van der Waals surface area contributed by atoms with Gasteiger partial charge in [-0.05, 0) is 37.3 Å². The maximum Gasteiger partial charge on any atom is 0.252 e. The molecule has 1 amide bonds. The first-order valence-corrected chi connectivity index (χ1v) is 8.19. The normalized spacial score (nSPS) is 14.4. The molecule has 23 heavy (non-hydrogen) atoms. The van der Waals surface area contributed by atoms with Crippen molar-refractivity contribution in [1.82, 2.24) is 9.97 Å². The van der Waals surface area contributed by atoms with Crippen LogP contribution in [0.2, 0.25) is 0 Å². The van der Waals surface area contributed by atoms with E-state index in [1.807, 2.05) is 0 Å². The third-order valence-electron chi connectivity index (χ3n) is 3.78. The number of hydrogen-bond acceptors (Lipinski definition) is 6. The van der Waals surface area contributed by atoms with Crippen LogP contribution >= 0.6 is 11.3 Å². The lowest BCUT2D eigenvalue weighted by atomic mass is 9.90. The maximum absolute atomic E-state index is 12.6. The average Bonchev–Trinajstić information content (AvgIpc) is 3.00. The molecule has 1 aliphatic carbocycles. The van der Waals surface area contributed by atoms with Crippen molar-refractivity contribution < 1.29 is 9.59 Å². The molecule has 2 heterocycles. The van der Waals surface area contributed by atoms with Crippen molar-refractivity contribution in [1.29, 1.82) is 5.26 Å². The van der Waals surface area contributed by atoms with Crippen LogP contribution in [0, 0.1) is 17.2 Å². The number of aromatic nitrogens is 2. The highest BCUT2D eigenvalue weighted by molar-refractivity contribution is 7.10. The van der Waals surface area contributed by atoms with Gasteiger partial charge in [-0.2, -0.15) is 5.26 Å². The van der Waals surface area contributed by atoms with Crippen LogP contribution in [0.25, 0.3) is 0 Å². The van der Waals surface area contributed by atoms with Gasteiger partial charge in [0.15, 0.2) is 11.7 Å². The lowest BCUT2D eigenvalue weighted by molar-refractivity contribution is -0.117. The number of aryl methyl sites for hydroxylation is 1. The third-order valence-corrected chi connectivity index (χ3v) is 4.87. The molecule has 0 unspecified atom stereocenters. The van der Waals surface area contributed by atoms with E-state index in [0.717, 1.165) is 31.2 Å². The molecule has 2 aromatic heterocycles. The summed E-state index contributed by atoms with van der Waals surface area (Å²) in [5.41, 5.74) is 1.52. The minimum atomic E-state index is -1.39. The molecule has 0 aliphatic heterocycles. The summed E-state index contributed by atoms with van der Waals surface area (Å²) in [7, 11) is 0. The summed E-state index contributed by atoms with van der Waals surface area (Å²) in [4.78, 5) is 33.8. The molecule has 3 rings (SSSR count). The Hall–Kier alpha value is -2.59. The van der Waals surface area contributed by atoms with E-state index < -0.39 is 17.6 Å². The Morgan fingerprint density at radius 1 is 1.26 bits per heavy atom. The van der Waals surface area contributed by atoms with Crippen molar-refractivity contribution in [3.05, 3.63) is 39.8 Å². The quantitative estimate of drug-likeness (QED) is 0.687. The largest absolute Gasteiger partial charge is 0.293 e. The van der Waals surface area contributed by atoms with Crippen LogP contribution < -0.4 is 5.32 Å². The van der Waals surface area contributed by atoms with E-state index in [0.29, 0.717) is 5.56 Å². The summed E-state index contributed by atoms with van der Waals surface area (Å²) >= 11 is 1.54. The van der Waals surface area contributed by atoms with Gasteiger partial charge in [-0.3, -0.25) is 14.9 Å². The van der Waals surface area contributed by atoms with Crippen molar-refractivity contribution in [2.45, 2.75) is 25.7 Å². The van der Waals surface area contributed by atoms with E-state index >= 15 is 0 Å². The molecule has 0 bridgehead atoms. The van der Waals surface area contributed by atoms with Gasteiger partial charge in [0.2, 0.25) is 5.95 Å². The number of nitrogens with zero attached hydrogens (tertiary/aromatic N) is 3. The van der Waals surface area contributed by atoms with Crippen molar-refractivity contribution >= 4 is 29.0 Å². The number of fused-ring (bicyclic) bond motifs is 1. The minimum Gasteiger partial charge on any atom is -0.293 e. The summed E-state index contributed by atoms with van der Waals surface area (Å²) in [5, 5.41) is 13.5. The summed E-state index contributed by atoms with van der Waals surface area (Å²) in [6.45, 7) is 0. The molecule has 0 saturated carbocycles. The second-order valence-corrected chi connectivity index (χ2v) is 6.21. The highest BCUT2D eigenvalue weighted by Gasteiger charge is 2.31. The monoisotopic (exact) mass is 326 g/mol. The fraction of sp³-hybridized carbons (Fsp3) is 0.312. The molecule has 1 aliphatic rings. The number of thiophene rings is 1. The van der Waals surface area contributed by atoms with Crippen molar-refractivity contribution in [3.8, 4) is 6.07 Å². The number of Topliss-reactive ketones (excluding diaryl/α,β-unsaturated/α-hetero) is 1. The fourth-order valence-corrected chi connectivity index (χ4v) is 3.77. The second kappa shape index (κ2) is 6.67. The highest BCUT2D eigenvalue weighted by atomic mass is 32.1. The molecule has 2 aromatic rings. The van der Waals surface area contributed by atoms with Gasteiger partial charge < -0.3 is 0 Å². The van der Waals surface area contributed by atoms with Crippen molar-refractivity contribution in [2.75, 3.05) is 5.32 Å². The zero-order valence-corrected chi connectivity index (χ0v) is 13.1. The van der Waals surface area contributed by atoms with Gasteiger partial charge in [0.05, 0.1) is 6.07 Å². The summed E-state index contributed by atoms with van der Waals surface area (Å²) < 4.78 is 0. The fourth-order valence-electron chi connectivity index (χ4n) is 2.64. The van der Waals surface area contributed by atoms with Crippen LogP contribution in [-0.4, -0.2) is 21.7 Å². The van der Waals surface area contributed by atoms with Gasteiger partial charge in [-0.1, -0.05) is 0 Å². The highest BCUT2D eigenvalue weighted by Crippen LogP contribution is 2.31. The molecule has 0 radical (unpaired) electrons. The first kappa shape index (κ1) is 15.3. The SMILES string of the molecule is N#C[C@H](C(=O)Nc1ncccn1)C(=O)c1csc2c1CCCC2. The number of ketones is 1. The van der Waals surface area contributed by atoms with E-state index in [9.17, 15) is 14.9 Å². The standard InChI is InChI=1S/C16H14N4O2S/c17-8-11(15(22)20-16-18-6-3-7-19-16)14(21)12-9-23-13-5-2-1-4-10(12)13/h3,6-7,9,11H,1-2,4-5H2,(H,18,19,20,22)/t11-/m0/s1. The van der Waals surface area contributed by atoms with Crippen LogP contribution in [0.4, 0.5) is 5.95 Å². The lowest BCUT2D eigenvalue weighted by Gasteiger charge is -2.13. The lowest BCUT2D eigenvalue weighted by Crippen LogP contribution is -2.29. The number of carbonyl (C=O) groups excluding carboxylic acids is 2. The number of nitriles is 1. The van der Waals surface area contributed by atoms with E-state index in [4.69, 9.17) is 0 Å². The van der Waals surface area contributed by atoms with E-state index in [1.54, 1.807) is 17.5 Å². The zero-order valence-electron chi connectivity index (χ0n) is 12.3. The zero-order chi connectivity index (χ0) is 16.2. The maximum atomic E-state index is 12.6. The predicted octanol–water partition coefficient (Wildman–Crippen LogP) is 2.38. The Balaban J connectivity index is 1.81. The Morgan fingerprint density at radius 3 is 2.74 bits per heavy atom. The molecule has 0 aromatic carbocycles. The Labute approximate surface area is 137 Å². The molecular weight excluding hydrogens is 312 g/mol. The van der Waals surface area contributed by atoms with Gasteiger partial charge >= 0.3 is 0 Å². The molecule has 7 heteroatoms. The molecule has 116 valence electrons. The number of hydrogen-bond donors (Lipinski definition) is 1. The van der Waals surface area contributed by atoms with E-state index in [2.05, 4.69) is 15.3 Å². The Kier molecular flexibility index (Phi) is 4.44. The number of amides is 1. The summed E-state index contributed by atoms with van der Waals surface area (Å²) in [6.07, 6.45) is 6.90. The molecule has 0 fully saturated rings. The summed E-state index contributed by atoms with van der Waals surface area (Å²) in [5.74, 6) is -2.45. The third kappa shape index (κ3) is 3.12. The van der Waals surface area contributed by atoms with Crippen LogP contribution in [0.15, 0.2) is 23.8 Å². The smallest absolute Gasteiger partial charge is 0.252 e. The first-order valence-electron chi connectivity index (χ1n) is 7.31. The summed E-state index contributed by atoms with van der Waals surface area (Å²) in [6, 6.07) is 3.42. The molecular formula is C16H14N4O2S. The number of carbonyl (C=O) groups is 2. The van der Waals surface area contributed by atoms with Gasteiger partial charge in [0.1, 0.15) is 0 Å². The molecule has 0 spiro atoms.